The Kier molecular flexibility index (Phi) is 7.92. The zero-order chi connectivity index (χ0) is 28.0. The third-order valence-corrected chi connectivity index (χ3v) is 11.4. The van der Waals surface area contributed by atoms with Gasteiger partial charge in [0.2, 0.25) is 0 Å². The Labute approximate surface area is 222 Å². The van der Waals surface area contributed by atoms with Gasteiger partial charge >= 0.3 is 6.18 Å². The second-order valence-corrected chi connectivity index (χ2v) is 16.2. The molecule has 3 aromatic rings. The lowest BCUT2D eigenvalue weighted by Crippen LogP contribution is -2.54. The van der Waals surface area contributed by atoms with Crippen LogP contribution in [0, 0.1) is 11.3 Å². The van der Waals surface area contributed by atoms with Crippen LogP contribution in [0.3, 0.4) is 0 Å². The molecule has 12 heteroatoms. The van der Waals surface area contributed by atoms with Gasteiger partial charge in [-0.15, -0.1) is 16.1 Å². The molecule has 0 saturated heterocycles. The fourth-order valence-corrected chi connectivity index (χ4v) is 7.08. The Balaban J connectivity index is 2.15. The molecule has 0 radical (unpaired) electrons. The molecule has 0 fully saturated rings. The first-order chi connectivity index (χ1) is 16.8. The average molecular weight is 575 g/mol. The molecule has 202 valence electrons. The van der Waals surface area contributed by atoms with E-state index in [2.05, 4.69) is 4.72 Å². The summed E-state index contributed by atoms with van der Waals surface area (Å²) in [5, 5.41) is 10.8. The quantitative estimate of drug-likeness (QED) is 0.332. The summed E-state index contributed by atoms with van der Waals surface area (Å²) in [4.78, 5) is 0. The number of benzene rings is 2. The van der Waals surface area contributed by atoms with Gasteiger partial charge in [0.15, 0.2) is 21.2 Å². The Morgan fingerprint density at radius 2 is 1.59 bits per heavy atom. The van der Waals surface area contributed by atoms with Crippen LogP contribution in [-0.2, 0) is 26.7 Å². The lowest BCUT2D eigenvalue weighted by Gasteiger charge is -2.36. The van der Waals surface area contributed by atoms with Crippen LogP contribution in [0.5, 0.6) is 5.75 Å². The van der Waals surface area contributed by atoms with Gasteiger partial charge in [0, 0.05) is 31.5 Å². The minimum Gasteiger partial charge on any atom is -0.598 e. The zero-order valence-electron chi connectivity index (χ0n) is 21.3. The van der Waals surface area contributed by atoms with E-state index < -0.39 is 54.8 Å². The highest BCUT2D eigenvalue weighted by Crippen LogP contribution is 2.39. The largest absolute Gasteiger partial charge is 0.598 e. The van der Waals surface area contributed by atoms with E-state index in [0.29, 0.717) is 16.3 Å². The van der Waals surface area contributed by atoms with Crippen LogP contribution in [-0.4, -0.2) is 41.0 Å². The molecule has 0 amide bonds. The molecule has 2 unspecified atom stereocenters. The number of thiophene rings is 1. The van der Waals surface area contributed by atoms with E-state index in [1.165, 1.54) is 37.3 Å². The molecule has 0 bridgehead atoms. The molecule has 3 rings (SSSR count). The van der Waals surface area contributed by atoms with Gasteiger partial charge in [0.25, 0.3) is 0 Å². The fourth-order valence-electron chi connectivity index (χ4n) is 3.51. The summed E-state index contributed by atoms with van der Waals surface area (Å²) in [6.07, 6.45) is -4.47. The molecule has 1 heterocycles. The van der Waals surface area contributed by atoms with Crippen molar-refractivity contribution in [3.05, 3.63) is 42.0 Å². The van der Waals surface area contributed by atoms with E-state index in [9.17, 15) is 31.4 Å². The molecule has 0 spiro atoms. The Hall–Kier alpha value is -2.04. The molecule has 1 aromatic heterocycles. The van der Waals surface area contributed by atoms with Crippen molar-refractivity contribution in [2.24, 2.45) is 0 Å². The van der Waals surface area contributed by atoms with Crippen LogP contribution >= 0.6 is 11.3 Å². The van der Waals surface area contributed by atoms with Crippen molar-refractivity contribution in [3.63, 3.8) is 0 Å². The molecular formula is C25H29F3N2O4S3. The maximum atomic E-state index is 13.3. The fraction of sp³-hybridized carbons (Fsp3) is 0.480. The molecule has 0 aliphatic rings. The van der Waals surface area contributed by atoms with Gasteiger partial charge in [-0.2, -0.15) is 18.4 Å². The van der Waals surface area contributed by atoms with E-state index >= 15 is 0 Å². The zero-order valence-corrected chi connectivity index (χ0v) is 23.8. The molecular weight excluding hydrogens is 545 g/mol. The number of nitriles is 1. The summed E-state index contributed by atoms with van der Waals surface area (Å²) in [6, 6.07) is 11.8. The van der Waals surface area contributed by atoms with Crippen molar-refractivity contribution < 1.29 is 30.9 Å². The third kappa shape index (κ3) is 6.52. The first-order valence-corrected chi connectivity index (χ1v) is 14.9. The standard InChI is InChI=1S/C25H29F3N2O4S3/c1-22(2,3)36(31)30-24(6,15-37(32,33)23(4,5)13-29)16-7-9-20-18(11-16)19-12-17(8-10-21(19)35-20)34-14-25(26,27)28/h7-12,30H,14-15H2,1-6H3. The monoisotopic (exact) mass is 574 g/mol. The lowest BCUT2D eigenvalue weighted by molar-refractivity contribution is -0.153. The van der Waals surface area contributed by atoms with E-state index in [1.54, 1.807) is 52.0 Å². The summed E-state index contributed by atoms with van der Waals surface area (Å²) in [7, 11) is -4.00. The van der Waals surface area contributed by atoms with Crippen molar-refractivity contribution in [2.45, 2.75) is 62.8 Å². The topological polar surface area (TPSA) is 102 Å². The normalized spacial score (nSPS) is 15.9. The number of fused-ring (bicyclic) bond motifs is 3. The van der Waals surface area contributed by atoms with Gasteiger partial charge in [-0.3, -0.25) is 0 Å². The van der Waals surface area contributed by atoms with Crippen LogP contribution in [0.15, 0.2) is 36.4 Å². The van der Waals surface area contributed by atoms with Crippen molar-refractivity contribution in [2.75, 3.05) is 12.4 Å². The van der Waals surface area contributed by atoms with Gasteiger partial charge in [-0.05, 0) is 77.4 Å². The number of nitrogens with zero attached hydrogens (tertiary/aromatic N) is 1. The Bertz CT molecular complexity index is 1450. The first kappa shape index (κ1) is 29.5. The second kappa shape index (κ2) is 9.93. The number of sulfone groups is 1. The highest BCUT2D eigenvalue weighted by Gasteiger charge is 2.45. The number of halogens is 3. The molecule has 1 N–H and O–H groups in total. The van der Waals surface area contributed by atoms with Crippen LogP contribution in [0.25, 0.3) is 20.2 Å². The van der Waals surface area contributed by atoms with Gasteiger partial charge in [0.05, 0.1) is 17.4 Å². The van der Waals surface area contributed by atoms with Crippen LogP contribution in [0.4, 0.5) is 13.2 Å². The van der Waals surface area contributed by atoms with Crippen LogP contribution < -0.4 is 9.46 Å². The minimum absolute atomic E-state index is 0.0583. The predicted octanol–water partition coefficient (Wildman–Crippen LogP) is 5.98. The number of hydrogen-bond donors (Lipinski definition) is 1. The van der Waals surface area contributed by atoms with Gasteiger partial charge in [0.1, 0.15) is 10.5 Å². The summed E-state index contributed by atoms with van der Waals surface area (Å²) >= 11 is -0.225. The maximum absolute atomic E-state index is 13.3. The smallest absolute Gasteiger partial charge is 0.422 e. The highest BCUT2D eigenvalue weighted by molar-refractivity contribution is 7.93. The summed E-state index contributed by atoms with van der Waals surface area (Å²) in [6.45, 7) is 8.10. The van der Waals surface area contributed by atoms with Crippen molar-refractivity contribution >= 4 is 52.7 Å². The number of alkyl halides is 3. The minimum atomic E-state index is -4.47. The van der Waals surface area contributed by atoms with Crippen LogP contribution in [0.2, 0.25) is 0 Å². The number of hydrogen-bond acceptors (Lipinski definition) is 7. The second-order valence-electron chi connectivity index (χ2n) is 10.6. The van der Waals surface area contributed by atoms with Crippen molar-refractivity contribution in [3.8, 4) is 11.8 Å². The van der Waals surface area contributed by atoms with Crippen LogP contribution in [0.1, 0.15) is 47.1 Å². The molecule has 2 atom stereocenters. The number of nitrogens with one attached hydrogen (secondary N) is 1. The lowest BCUT2D eigenvalue weighted by atomic mass is 9.94. The number of rotatable bonds is 8. The van der Waals surface area contributed by atoms with Crippen molar-refractivity contribution in [1.82, 2.24) is 4.72 Å². The maximum Gasteiger partial charge on any atom is 0.422 e. The average Bonchev–Trinajstić information content (AvgIpc) is 3.13. The molecule has 2 aromatic carbocycles. The van der Waals surface area contributed by atoms with Crippen molar-refractivity contribution in [1.29, 1.82) is 5.26 Å². The summed E-state index contributed by atoms with van der Waals surface area (Å²) in [5.74, 6) is -0.446. The molecule has 0 saturated carbocycles. The van der Waals surface area contributed by atoms with E-state index in [4.69, 9.17) is 4.74 Å². The summed E-state index contributed by atoms with van der Waals surface area (Å²) < 4.78 is 84.7. The van der Waals surface area contributed by atoms with Gasteiger partial charge < -0.3 is 9.29 Å². The predicted molar refractivity (Wildman–Crippen MR) is 143 cm³/mol. The Morgan fingerprint density at radius 1 is 1.03 bits per heavy atom. The molecule has 0 aliphatic heterocycles. The SMILES string of the molecule is CC(CS(=O)(=O)C(C)(C)C#N)(N[S+]([O-])C(C)(C)C)c1ccc2sc3ccc(OCC(F)(F)F)cc3c2c1. The third-order valence-electron chi connectivity index (χ3n) is 5.88. The molecule has 6 nitrogen and oxygen atoms in total. The van der Waals surface area contributed by atoms with E-state index in [1.807, 2.05) is 6.07 Å². The van der Waals surface area contributed by atoms with E-state index in [-0.39, 0.29) is 5.75 Å². The Morgan fingerprint density at radius 3 is 2.14 bits per heavy atom. The first-order valence-electron chi connectivity index (χ1n) is 11.3. The van der Waals surface area contributed by atoms with E-state index in [0.717, 1.165) is 9.40 Å². The summed E-state index contributed by atoms with van der Waals surface area (Å²) in [5.41, 5.74) is -0.839. The number of ether oxygens (including phenoxy) is 1. The van der Waals surface area contributed by atoms with Gasteiger partial charge in [-0.1, -0.05) is 6.07 Å². The molecule has 0 aliphatic carbocycles. The molecule has 37 heavy (non-hydrogen) atoms. The van der Waals surface area contributed by atoms with Gasteiger partial charge in [-0.25, -0.2) is 8.42 Å². The highest BCUT2D eigenvalue weighted by atomic mass is 32.2.